The van der Waals surface area contributed by atoms with Gasteiger partial charge in [-0.15, -0.1) is 0 Å². The van der Waals surface area contributed by atoms with Crippen LogP contribution in [-0.2, 0) is 4.74 Å². The third-order valence-corrected chi connectivity index (χ3v) is 2.10. The van der Waals surface area contributed by atoms with Crippen LogP contribution in [0.4, 0.5) is 10.6 Å². The van der Waals surface area contributed by atoms with Crippen LogP contribution >= 0.6 is 11.6 Å². The number of hydrogen-bond donors (Lipinski definition) is 1. The molecule has 0 saturated heterocycles. The van der Waals surface area contributed by atoms with Crippen molar-refractivity contribution in [3.63, 3.8) is 0 Å². The van der Waals surface area contributed by atoms with Crippen LogP contribution in [0.3, 0.4) is 0 Å². The number of carbonyl (C=O) groups excluding carboxylic acids is 1. The number of nitrogens with zero attached hydrogens (tertiary/aromatic N) is 3. The van der Waals surface area contributed by atoms with Crippen molar-refractivity contribution in [2.45, 2.75) is 33.3 Å². The molecule has 0 aliphatic rings. The van der Waals surface area contributed by atoms with Gasteiger partial charge in [-0.25, -0.2) is 14.8 Å². The maximum absolute atomic E-state index is 11.5. The SMILES string of the molecule is Cc1nc(C#N)c(NC(=O)OC(C)(C)C)nc1Cl. The highest BCUT2D eigenvalue weighted by atomic mass is 35.5. The normalized spacial score (nSPS) is 10.7. The zero-order valence-corrected chi connectivity index (χ0v) is 11.3. The molecule has 0 radical (unpaired) electrons. The van der Waals surface area contributed by atoms with E-state index in [0.717, 1.165) is 0 Å². The number of amides is 1. The van der Waals surface area contributed by atoms with E-state index in [1.165, 1.54) is 0 Å². The first-order valence-corrected chi connectivity index (χ1v) is 5.55. The Labute approximate surface area is 110 Å². The van der Waals surface area contributed by atoms with Gasteiger partial charge in [0.05, 0.1) is 5.69 Å². The average molecular weight is 269 g/mol. The number of ether oxygens (including phenoxy) is 1. The molecule has 1 N–H and O–H groups in total. The summed E-state index contributed by atoms with van der Waals surface area (Å²) >= 11 is 5.78. The maximum atomic E-state index is 11.5. The minimum Gasteiger partial charge on any atom is -0.444 e. The smallest absolute Gasteiger partial charge is 0.413 e. The van der Waals surface area contributed by atoms with Gasteiger partial charge in [-0.2, -0.15) is 5.26 Å². The average Bonchev–Trinajstić information content (AvgIpc) is 2.20. The predicted molar refractivity (Wildman–Crippen MR) is 66.4 cm³/mol. The zero-order valence-electron chi connectivity index (χ0n) is 10.5. The molecule has 0 atom stereocenters. The van der Waals surface area contributed by atoms with E-state index in [2.05, 4.69) is 15.3 Å². The quantitative estimate of drug-likeness (QED) is 0.846. The highest BCUT2D eigenvalue weighted by molar-refractivity contribution is 6.30. The molecule has 18 heavy (non-hydrogen) atoms. The summed E-state index contributed by atoms with van der Waals surface area (Å²) in [5.74, 6) is -0.0117. The van der Waals surface area contributed by atoms with E-state index >= 15 is 0 Å². The Morgan fingerprint density at radius 2 is 2.06 bits per heavy atom. The molecule has 0 spiro atoms. The molecule has 0 bridgehead atoms. The van der Waals surface area contributed by atoms with Crippen molar-refractivity contribution >= 4 is 23.5 Å². The van der Waals surface area contributed by atoms with Gasteiger partial charge in [0, 0.05) is 0 Å². The summed E-state index contributed by atoms with van der Waals surface area (Å²) in [6.45, 7) is 6.80. The molecular weight excluding hydrogens is 256 g/mol. The van der Waals surface area contributed by atoms with Crippen LogP contribution < -0.4 is 5.32 Å². The summed E-state index contributed by atoms with van der Waals surface area (Å²) in [5, 5.41) is 11.4. The number of nitriles is 1. The van der Waals surface area contributed by atoms with Gasteiger partial charge < -0.3 is 4.74 Å². The number of halogens is 1. The molecule has 1 heterocycles. The molecule has 0 aromatic carbocycles. The Bertz CT molecular complexity index is 517. The summed E-state index contributed by atoms with van der Waals surface area (Å²) in [6.07, 6.45) is -0.715. The molecule has 96 valence electrons. The topological polar surface area (TPSA) is 87.9 Å². The van der Waals surface area contributed by atoms with Gasteiger partial charge >= 0.3 is 6.09 Å². The Balaban J connectivity index is 2.95. The van der Waals surface area contributed by atoms with E-state index in [1.807, 2.05) is 6.07 Å². The lowest BCUT2D eigenvalue weighted by atomic mass is 10.2. The number of rotatable bonds is 1. The first-order chi connectivity index (χ1) is 8.23. The molecule has 0 aliphatic carbocycles. The second-order valence-corrected chi connectivity index (χ2v) is 4.89. The van der Waals surface area contributed by atoms with Gasteiger partial charge in [-0.1, -0.05) is 11.6 Å². The van der Waals surface area contributed by atoms with E-state index in [1.54, 1.807) is 27.7 Å². The van der Waals surface area contributed by atoms with Gasteiger partial charge in [0.1, 0.15) is 11.7 Å². The van der Waals surface area contributed by atoms with Crippen molar-refractivity contribution in [2.75, 3.05) is 5.32 Å². The lowest BCUT2D eigenvalue weighted by Gasteiger charge is -2.19. The summed E-state index contributed by atoms with van der Waals surface area (Å²) < 4.78 is 5.04. The van der Waals surface area contributed by atoms with Crippen LogP contribution in [0.25, 0.3) is 0 Å². The van der Waals surface area contributed by atoms with Crippen molar-refractivity contribution < 1.29 is 9.53 Å². The number of aryl methyl sites for hydroxylation is 1. The second kappa shape index (κ2) is 5.19. The number of nitrogens with one attached hydrogen (secondary N) is 1. The van der Waals surface area contributed by atoms with Crippen LogP contribution in [0, 0.1) is 18.3 Å². The van der Waals surface area contributed by atoms with Gasteiger partial charge in [0.2, 0.25) is 0 Å². The molecule has 1 aromatic rings. The largest absolute Gasteiger partial charge is 0.444 e. The predicted octanol–water partition coefficient (Wildman–Crippen LogP) is 2.66. The maximum Gasteiger partial charge on any atom is 0.413 e. The molecule has 1 rings (SSSR count). The van der Waals surface area contributed by atoms with Crippen molar-refractivity contribution in [3.8, 4) is 6.07 Å². The summed E-state index contributed by atoms with van der Waals surface area (Å²) in [4.78, 5) is 19.3. The second-order valence-electron chi connectivity index (χ2n) is 4.54. The molecule has 1 aromatic heterocycles. The van der Waals surface area contributed by atoms with Crippen LogP contribution in [0.5, 0.6) is 0 Å². The molecule has 0 unspecified atom stereocenters. The fourth-order valence-electron chi connectivity index (χ4n) is 1.06. The highest BCUT2D eigenvalue weighted by Crippen LogP contribution is 2.17. The van der Waals surface area contributed by atoms with Crippen molar-refractivity contribution in [2.24, 2.45) is 0 Å². The number of aromatic nitrogens is 2. The first-order valence-electron chi connectivity index (χ1n) is 5.17. The first kappa shape index (κ1) is 14.2. The highest BCUT2D eigenvalue weighted by Gasteiger charge is 2.19. The van der Waals surface area contributed by atoms with E-state index in [0.29, 0.717) is 5.69 Å². The minimum atomic E-state index is -0.715. The van der Waals surface area contributed by atoms with Crippen molar-refractivity contribution in [1.82, 2.24) is 9.97 Å². The van der Waals surface area contributed by atoms with Crippen molar-refractivity contribution in [1.29, 1.82) is 5.26 Å². The fraction of sp³-hybridized carbons (Fsp3) is 0.455. The molecule has 0 saturated carbocycles. The molecule has 1 amide bonds. The lowest BCUT2D eigenvalue weighted by molar-refractivity contribution is 0.0635. The number of carbonyl (C=O) groups is 1. The van der Waals surface area contributed by atoms with E-state index in [4.69, 9.17) is 21.6 Å². The monoisotopic (exact) mass is 268 g/mol. The van der Waals surface area contributed by atoms with E-state index in [9.17, 15) is 4.79 Å². The van der Waals surface area contributed by atoms with Crippen LogP contribution in [-0.4, -0.2) is 21.7 Å². The molecule has 6 nitrogen and oxygen atoms in total. The molecule has 7 heteroatoms. The number of hydrogen-bond acceptors (Lipinski definition) is 5. The Morgan fingerprint density at radius 3 is 2.56 bits per heavy atom. The summed E-state index contributed by atoms with van der Waals surface area (Å²) in [6, 6.07) is 1.83. The summed E-state index contributed by atoms with van der Waals surface area (Å²) in [5.41, 5.74) is -0.232. The van der Waals surface area contributed by atoms with Gasteiger partial charge in [0.15, 0.2) is 16.7 Å². The number of anilines is 1. The minimum absolute atomic E-state index is 0.0113. The molecule has 0 fully saturated rings. The third-order valence-electron chi connectivity index (χ3n) is 1.74. The standard InChI is InChI=1S/C11H13ClN4O2/c1-6-8(12)15-9(7(5-13)14-6)16-10(17)18-11(2,3)4/h1-4H3,(H,15,16,17). The third kappa shape index (κ3) is 3.86. The van der Waals surface area contributed by atoms with Crippen molar-refractivity contribution in [3.05, 3.63) is 16.5 Å². The Morgan fingerprint density at radius 1 is 1.44 bits per heavy atom. The Hall–Kier alpha value is -1.87. The van der Waals surface area contributed by atoms with Crippen LogP contribution in [0.2, 0.25) is 5.15 Å². The fourth-order valence-corrected chi connectivity index (χ4v) is 1.19. The van der Waals surface area contributed by atoms with Crippen LogP contribution in [0.1, 0.15) is 32.2 Å². The molecule has 0 aliphatic heterocycles. The molecular formula is C11H13ClN4O2. The summed E-state index contributed by atoms with van der Waals surface area (Å²) in [7, 11) is 0. The van der Waals surface area contributed by atoms with Crippen LogP contribution in [0.15, 0.2) is 0 Å². The lowest BCUT2D eigenvalue weighted by Crippen LogP contribution is -2.28. The van der Waals surface area contributed by atoms with Gasteiger partial charge in [-0.05, 0) is 27.7 Å². The Kier molecular flexibility index (Phi) is 4.09. The van der Waals surface area contributed by atoms with E-state index in [-0.39, 0.29) is 16.7 Å². The van der Waals surface area contributed by atoms with Gasteiger partial charge in [0.25, 0.3) is 0 Å². The van der Waals surface area contributed by atoms with E-state index < -0.39 is 11.7 Å². The zero-order chi connectivity index (χ0) is 13.9. The van der Waals surface area contributed by atoms with Gasteiger partial charge in [-0.3, -0.25) is 5.32 Å².